The Balaban J connectivity index is 1.48. The maximum Gasteiger partial charge on any atom is 0.140 e. The number of hydrogen-bond donors (Lipinski definition) is 0. The summed E-state index contributed by atoms with van der Waals surface area (Å²) in [6.45, 7) is 0. The van der Waals surface area contributed by atoms with Gasteiger partial charge in [-0.2, -0.15) is 0 Å². The smallest absolute Gasteiger partial charge is 0.140 e. The maximum absolute atomic E-state index is 13.7. The van der Waals surface area contributed by atoms with Crippen LogP contribution in [0, 0.1) is 29.6 Å². The highest BCUT2D eigenvalue weighted by Gasteiger charge is 2.42. The van der Waals surface area contributed by atoms with Crippen LogP contribution in [-0.4, -0.2) is 18.1 Å². The number of hydrogen-bond acceptors (Lipinski definition) is 1. The summed E-state index contributed by atoms with van der Waals surface area (Å²) in [5.41, 5.74) is 1.31. The highest BCUT2D eigenvalue weighted by molar-refractivity contribution is 5.84. The molecule has 3 fully saturated rings. The summed E-state index contributed by atoms with van der Waals surface area (Å²) in [5, 5.41) is 0. The SMILES string of the molecule is O=C1CC2CCC(F)CC2C[C@@H]1C1=CC2CCC(F)CC2CC1. The monoisotopic (exact) mass is 322 g/mol. The number of ketones is 1. The number of fused-ring (bicyclic) bond motifs is 2. The third kappa shape index (κ3) is 3.13. The van der Waals surface area contributed by atoms with E-state index in [-0.39, 0.29) is 5.92 Å². The number of halogens is 2. The van der Waals surface area contributed by atoms with E-state index in [9.17, 15) is 13.6 Å². The molecule has 0 aromatic rings. The maximum atomic E-state index is 13.7. The molecule has 0 amide bonds. The van der Waals surface area contributed by atoms with Crippen LogP contribution in [0.1, 0.15) is 64.2 Å². The first kappa shape index (κ1) is 15.8. The molecule has 0 spiro atoms. The molecule has 4 aliphatic rings. The first-order chi connectivity index (χ1) is 11.1. The van der Waals surface area contributed by atoms with E-state index in [0.717, 1.165) is 32.1 Å². The Bertz CT molecular complexity index is 500. The van der Waals surface area contributed by atoms with E-state index in [0.29, 0.717) is 61.6 Å². The summed E-state index contributed by atoms with van der Waals surface area (Å²) >= 11 is 0. The van der Waals surface area contributed by atoms with Crippen LogP contribution in [0.4, 0.5) is 8.78 Å². The fourth-order valence-electron chi connectivity index (χ4n) is 5.80. The van der Waals surface area contributed by atoms with Crippen LogP contribution in [0.5, 0.6) is 0 Å². The molecule has 0 heterocycles. The second-order valence-corrected chi connectivity index (χ2v) is 8.50. The van der Waals surface area contributed by atoms with Crippen LogP contribution in [0.25, 0.3) is 0 Å². The molecule has 6 unspecified atom stereocenters. The zero-order valence-electron chi connectivity index (χ0n) is 13.9. The van der Waals surface area contributed by atoms with Gasteiger partial charge in [0.25, 0.3) is 0 Å². The van der Waals surface area contributed by atoms with Gasteiger partial charge in [-0.05, 0) is 81.5 Å². The van der Waals surface area contributed by atoms with Gasteiger partial charge in [-0.3, -0.25) is 4.79 Å². The molecule has 7 atom stereocenters. The van der Waals surface area contributed by atoms with Gasteiger partial charge in [-0.15, -0.1) is 0 Å². The van der Waals surface area contributed by atoms with Crippen molar-refractivity contribution < 1.29 is 13.6 Å². The van der Waals surface area contributed by atoms with Crippen molar-refractivity contribution >= 4 is 5.78 Å². The minimum Gasteiger partial charge on any atom is -0.299 e. The van der Waals surface area contributed by atoms with Crippen molar-refractivity contribution in [2.24, 2.45) is 29.6 Å². The molecule has 1 nitrogen and oxygen atoms in total. The van der Waals surface area contributed by atoms with Gasteiger partial charge in [0.1, 0.15) is 18.1 Å². The Morgan fingerprint density at radius 3 is 2.39 bits per heavy atom. The predicted octanol–water partition coefficient (Wildman–Crippen LogP) is 5.19. The van der Waals surface area contributed by atoms with Gasteiger partial charge in [0.15, 0.2) is 0 Å². The van der Waals surface area contributed by atoms with Gasteiger partial charge in [-0.25, -0.2) is 8.78 Å². The highest BCUT2D eigenvalue weighted by Crippen LogP contribution is 2.48. The van der Waals surface area contributed by atoms with E-state index >= 15 is 0 Å². The van der Waals surface area contributed by atoms with Gasteiger partial charge < -0.3 is 0 Å². The Hall–Kier alpha value is -0.730. The van der Waals surface area contributed by atoms with Crippen molar-refractivity contribution in [3.05, 3.63) is 11.6 Å². The minimum absolute atomic E-state index is 0.0469. The van der Waals surface area contributed by atoms with Crippen molar-refractivity contribution in [1.82, 2.24) is 0 Å². The van der Waals surface area contributed by atoms with Gasteiger partial charge in [0.05, 0.1) is 0 Å². The lowest BCUT2D eigenvalue weighted by atomic mass is 9.62. The topological polar surface area (TPSA) is 17.1 Å². The summed E-state index contributed by atoms with van der Waals surface area (Å²) in [4.78, 5) is 12.6. The van der Waals surface area contributed by atoms with Crippen LogP contribution in [0.2, 0.25) is 0 Å². The Morgan fingerprint density at radius 2 is 1.57 bits per heavy atom. The average Bonchev–Trinajstić information content (AvgIpc) is 2.54. The predicted molar refractivity (Wildman–Crippen MR) is 86.5 cm³/mol. The van der Waals surface area contributed by atoms with Crippen LogP contribution in [0.3, 0.4) is 0 Å². The van der Waals surface area contributed by atoms with Gasteiger partial charge in [0, 0.05) is 12.3 Å². The fourth-order valence-corrected chi connectivity index (χ4v) is 5.80. The van der Waals surface area contributed by atoms with Crippen molar-refractivity contribution in [2.45, 2.75) is 76.6 Å². The fraction of sp³-hybridized carbons (Fsp3) is 0.850. The van der Waals surface area contributed by atoms with Crippen molar-refractivity contribution in [2.75, 3.05) is 0 Å². The number of allylic oxidation sites excluding steroid dienone is 2. The van der Waals surface area contributed by atoms with E-state index in [1.807, 2.05) is 0 Å². The molecule has 128 valence electrons. The standard InChI is InChI=1S/C20H28F2O/c21-17-5-3-12-7-15(2-1-13(12)8-17)19-10-16-9-18(22)6-4-14(16)11-20(19)23/h7,12-14,16-19H,1-6,8-11H2/t12?,13?,14?,16?,17?,18?,19-/m1/s1. The Labute approximate surface area is 137 Å². The number of Topliss-reactive ketones (excluding diaryl/α,β-unsaturated/α-hetero) is 1. The van der Waals surface area contributed by atoms with E-state index in [1.165, 1.54) is 5.57 Å². The van der Waals surface area contributed by atoms with Crippen molar-refractivity contribution in [1.29, 1.82) is 0 Å². The lowest BCUT2D eigenvalue weighted by molar-refractivity contribution is -0.127. The van der Waals surface area contributed by atoms with Crippen LogP contribution < -0.4 is 0 Å². The molecule has 0 aliphatic heterocycles. The minimum atomic E-state index is -0.658. The van der Waals surface area contributed by atoms with Crippen LogP contribution in [0.15, 0.2) is 11.6 Å². The molecule has 4 aliphatic carbocycles. The molecule has 0 saturated heterocycles. The first-order valence-electron chi connectivity index (χ1n) is 9.61. The van der Waals surface area contributed by atoms with Gasteiger partial charge in [0.2, 0.25) is 0 Å². The molecule has 0 aromatic heterocycles. The van der Waals surface area contributed by atoms with E-state index in [4.69, 9.17) is 0 Å². The molecule has 0 bridgehead atoms. The molecule has 0 N–H and O–H groups in total. The molecule has 4 rings (SSSR count). The second-order valence-electron chi connectivity index (χ2n) is 8.50. The van der Waals surface area contributed by atoms with Crippen LogP contribution in [-0.2, 0) is 4.79 Å². The quantitative estimate of drug-likeness (QED) is 0.607. The van der Waals surface area contributed by atoms with Gasteiger partial charge >= 0.3 is 0 Å². The highest BCUT2D eigenvalue weighted by atomic mass is 19.1. The lowest BCUT2D eigenvalue weighted by Crippen LogP contribution is -2.38. The number of carbonyl (C=O) groups excluding carboxylic acids is 1. The first-order valence-corrected chi connectivity index (χ1v) is 9.61. The number of rotatable bonds is 1. The van der Waals surface area contributed by atoms with E-state index in [1.54, 1.807) is 0 Å². The normalized spacial score (nSPS) is 47.5. The molecule has 3 heteroatoms. The summed E-state index contributed by atoms with van der Waals surface area (Å²) < 4.78 is 27.3. The van der Waals surface area contributed by atoms with E-state index < -0.39 is 12.3 Å². The molecular weight excluding hydrogens is 294 g/mol. The molecule has 0 aromatic carbocycles. The third-order valence-corrected chi connectivity index (χ3v) is 7.12. The van der Waals surface area contributed by atoms with Gasteiger partial charge in [-0.1, -0.05) is 11.6 Å². The number of carbonyl (C=O) groups is 1. The summed E-state index contributed by atoms with van der Waals surface area (Å²) in [7, 11) is 0. The Kier molecular flexibility index (Phi) is 4.32. The number of alkyl halides is 2. The molecular formula is C20H28F2O. The summed E-state index contributed by atoms with van der Waals surface area (Å²) in [6.07, 6.45) is 9.13. The zero-order chi connectivity index (χ0) is 16.0. The van der Waals surface area contributed by atoms with Crippen molar-refractivity contribution in [3.8, 4) is 0 Å². The van der Waals surface area contributed by atoms with Crippen molar-refractivity contribution in [3.63, 3.8) is 0 Å². The molecule has 23 heavy (non-hydrogen) atoms. The molecule has 0 radical (unpaired) electrons. The second kappa shape index (κ2) is 6.29. The summed E-state index contributed by atoms with van der Waals surface area (Å²) in [5.74, 6) is 2.25. The third-order valence-electron chi connectivity index (χ3n) is 7.12. The molecule has 3 saturated carbocycles. The average molecular weight is 322 g/mol. The van der Waals surface area contributed by atoms with Crippen LogP contribution >= 0.6 is 0 Å². The lowest BCUT2D eigenvalue weighted by Gasteiger charge is -2.42. The zero-order valence-corrected chi connectivity index (χ0v) is 13.9. The largest absolute Gasteiger partial charge is 0.299 e. The van der Waals surface area contributed by atoms with E-state index in [2.05, 4.69) is 6.08 Å². The summed E-state index contributed by atoms with van der Waals surface area (Å²) in [6, 6.07) is 0. The Morgan fingerprint density at radius 1 is 0.826 bits per heavy atom.